The highest BCUT2D eigenvalue weighted by atomic mass is 16.7. The molecule has 1 fully saturated rings. The molecule has 7 unspecified atom stereocenters. The third kappa shape index (κ3) is 34.6. The molecule has 1 rings (SSSR count). The van der Waals surface area contributed by atoms with Crippen molar-refractivity contribution in [3.63, 3.8) is 0 Å². The number of hydrogen-bond acceptors (Lipinski definition) is 8. The lowest BCUT2D eigenvalue weighted by atomic mass is 9.99. The van der Waals surface area contributed by atoms with Crippen LogP contribution in [0.4, 0.5) is 0 Å². The van der Waals surface area contributed by atoms with Gasteiger partial charge in [-0.25, -0.2) is 0 Å². The molecule has 0 bridgehead atoms. The number of unbranched alkanes of at least 4 members (excludes halogenated alkanes) is 32. The van der Waals surface area contributed by atoms with Crippen LogP contribution in [0.1, 0.15) is 258 Å². The van der Waals surface area contributed by atoms with Crippen molar-refractivity contribution in [2.24, 2.45) is 0 Å². The Bertz CT molecular complexity index is 1040. The van der Waals surface area contributed by atoms with Gasteiger partial charge in [0.25, 0.3) is 0 Å². The van der Waals surface area contributed by atoms with Gasteiger partial charge in [-0.15, -0.1) is 0 Å². The van der Waals surface area contributed by atoms with Crippen LogP contribution in [0.2, 0.25) is 0 Å². The molecule has 0 aromatic carbocycles. The second kappa shape index (κ2) is 44.5. The summed E-state index contributed by atoms with van der Waals surface area (Å²) in [5.41, 5.74) is 0. The zero-order chi connectivity index (χ0) is 45.9. The molecule has 1 aliphatic heterocycles. The van der Waals surface area contributed by atoms with Crippen LogP contribution in [0, 0.1) is 0 Å². The summed E-state index contributed by atoms with van der Waals surface area (Å²) in [6.07, 6.45) is 47.8. The Morgan fingerprint density at radius 1 is 0.540 bits per heavy atom. The van der Waals surface area contributed by atoms with Crippen molar-refractivity contribution in [3.05, 3.63) is 24.3 Å². The molecule has 7 atom stereocenters. The van der Waals surface area contributed by atoms with E-state index in [1.807, 2.05) is 0 Å². The fourth-order valence-corrected chi connectivity index (χ4v) is 8.73. The van der Waals surface area contributed by atoms with Crippen molar-refractivity contribution in [1.29, 1.82) is 0 Å². The van der Waals surface area contributed by atoms with E-state index in [1.165, 1.54) is 161 Å². The summed E-state index contributed by atoms with van der Waals surface area (Å²) in [7, 11) is 0. The second-order valence-corrected chi connectivity index (χ2v) is 19.0. The van der Waals surface area contributed by atoms with Gasteiger partial charge in [0.15, 0.2) is 6.29 Å². The number of nitrogens with one attached hydrogen (secondary N) is 1. The predicted molar refractivity (Wildman–Crippen MR) is 263 cm³/mol. The molecule has 0 spiro atoms. The quantitative estimate of drug-likeness (QED) is 0.0261. The molecule has 6 N–H and O–H groups in total. The van der Waals surface area contributed by atoms with Crippen molar-refractivity contribution in [1.82, 2.24) is 5.32 Å². The Kier molecular flexibility index (Phi) is 42.2. The van der Waals surface area contributed by atoms with Gasteiger partial charge in [0.2, 0.25) is 5.91 Å². The van der Waals surface area contributed by atoms with Gasteiger partial charge in [0.05, 0.1) is 25.4 Å². The van der Waals surface area contributed by atoms with Gasteiger partial charge in [-0.3, -0.25) is 4.79 Å². The molecule has 0 radical (unpaired) electrons. The number of carbonyl (C=O) groups is 1. The molecule has 1 heterocycles. The lowest BCUT2D eigenvalue weighted by Gasteiger charge is -2.40. The standard InChI is InChI=1S/C54H103NO8/c1-3-5-7-9-11-13-15-17-18-19-20-21-22-23-24-25-26-27-28-29-30-32-33-35-37-39-41-43-48(57)47(46-62-54-53(61)52(60)51(59)49(45-56)63-54)55-50(58)44-42-40-38-36-34-31-16-14-12-10-8-6-4-2/h8,10,14,16,47-49,51-54,56-57,59-61H,3-7,9,11-13,15,17-46H2,1-2H3,(H,55,58)/b10-8-,16-14-. The molecule has 0 aliphatic carbocycles. The number of aliphatic hydroxyl groups is 5. The molecule has 0 saturated carbocycles. The van der Waals surface area contributed by atoms with Crippen LogP contribution in [0.5, 0.6) is 0 Å². The SMILES string of the molecule is CCC/C=C\C/C=C\CCCCCCCC(=O)NC(COC1OC(CO)C(O)C(O)C1O)C(O)CCCCCCCCCCCCCCCCCCCCCCCCCCCCC. The van der Waals surface area contributed by atoms with Crippen molar-refractivity contribution < 1.29 is 39.8 Å². The highest BCUT2D eigenvalue weighted by Crippen LogP contribution is 2.23. The van der Waals surface area contributed by atoms with Gasteiger partial charge in [-0.1, -0.05) is 237 Å². The second-order valence-electron chi connectivity index (χ2n) is 19.0. The maximum Gasteiger partial charge on any atom is 0.220 e. The first-order valence-electron chi connectivity index (χ1n) is 27.0. The Labute approximate surface area is 388 Å². The van der Waals surface area contributed by atoms with E-state index in [9.17, 15) is 30.3 Å². The zero-order valence-electron chi connectivity index (χ0n) is 41.1. The van der Waals surface area contributed by atoms with Crippen molar-refractivity contribution in [2.45, 2.75) is 301 Å². The predicted octanol–water partition coefficient (Wildman–Crippen LogP) is 12.6. The van der Waals surface area contributed by atoms with Crippen LogP contribution in [-0.2, 0) is 14.3 Å². The summed E-state index contributed by atoms with van der Waals surface area (Å²) in [5, 5.41) is 54.5. The van der Waals surface area contributed by atoms with E-state index in [0.717, 1.165) is 70.6 Å². The Morgan fingerprint density at radius 3 is 1.43 bits per heavy atom. The van der Waals surface area contributed by atoms with E-state index in [-0.39, 0.29) is 12.5 Å². The van der Waals surface area contributed by atoms with E-state index >= 15 is 0 Å². The molecule has 1 amide bonds. The summed E-state index contributed by atoms with van der Waals surface area (Å²) in [6, 6.07) is -0.725. The fourth-order valence-electron chi connectivity index (χ4n) is 8.73. The molecule has 0 aromatic rings. The van der Waals surface area contributed by atoms with Crippen LogP contribution in [0.15, 0.2) is 24.3 Å². The molecular weight excluding hydrogens is 791 g/mol. The first kappa shape index (κ1) is 59.7. The van der Waals surface area contributed by atoms with Gasteiger partial charge in [0, 0.05) is 6.42 Å². The van der Waals surface area contributed by atoms with E-state index in [2.05, 4.69) is 43.5 Å². The van der Waals surface area contributed by atoms with Crippen LogP contribution < -0.4 is 5.32 Å². The average Bonchev–Trinajstić information content (AvgIpc) is 3.28. The van der Waals surface area contributed by atoms with E-state index < -0.39 is 49.5 Å². The van der Waals surface area contributed by atoms with Crippen molar-refractivity contribution in [3.8, 4) is 0 Å². The molecule has 1 saturated heterocycles. The van der Waals surface area contributed by atoms with Crippen LogP contribution in [0.3, 0.4) is 0 Å². The molecule has 372 valence electrons. The van der Waals surface area contributed by atoms with Crippen molar-refractivity contribution in [2.75, 3.05) is 13.2 Å². The lowest BCUT2D eigenvalue weighted by molar-refractivity contribution is -0.302. The largest absolute Gasteiger partial charge is 0.394 e. The van der Waals surface area contributed by atoms with E-state index in [4.69, 9.17) is 9.47 Å². The average molecular weight is 894 g/mol. The van der Waals surface area contributed by atoms with Gasteiger partial charge in [0.1, 0.15) is 24.4 Å². The van der Waals surface area contributed by atoms with E-state index in [0.29, 0.717) is 12.8 Å². The van der Waals surface area contributed by atoms with Crippen LogP contribution in [0.25, 0.3) is 0 Å². The minimum Gasteiger partial charge on any atom is -0.394 e. The maximum absolute atomic E-state index is 13.0. The lowest BCUT2D eigenvalue weighted by Crippen LogP contribution is -2.60. The summed E-state index contributed by atoms with van der Waals surface area (Å²) >= 11 is 0. The molecule has 63 heavy (non-hydrogen) atoms. The number of ether oxygens (including phenoxy) is 2. The zero-order valence-corrected chi connectivity index (χ0v) is 41.1. The number of aliphatic hydroxyl groups excluding tert-OH is 5. The van der Waals surface area contributed by atoms with Gasteiger partial charge in [-0.05, 0) is 38.5 Å². The summed E-state index contributed by atoms with van der Waals surface area (Å²) in [5.74, 6) is -0.157. The number of amides is 1. The summed E-state index contributed by atoms with van der Waals surface area (Å²) < 4.78 is 11.3. The molecular formula is C54H103NO8. The first-order valence-corrected chi connectivity index (χ1v) is 27.0. The van der Waals surface area contributed by atoms with Crippen LogP contribution in [-0.4, -0.2) is 87.5 Å². The minimum absolute atomic E-state index is 0.142. The number of carbonyl (C=O) groups excluding carboxylic acids is 1. The maximum atomic E-state index is 13.0. The Hall–Kier alpha value is -1.33. The monoisotopic (exact) mass is 894 g/mol. The third-order valence-electron chi connectivity index (χ3n) is 13.0. The normalized spacial score (nSPS) is 20.3. The number of allylic oxidation sites excluding steroid dienone is 4. The highest BCUT2D eigenvalue weighted by molar-refractivity contribution is 5.76. The van der Waals surface area contributed by atoms with Crippen molar-refractivity contribution >= 4 is 5.91 Å². The smallest absolute Gasteiger partial charge is 0.220 e. The summed E-state index contributed by atoms with van der Waals surface area (Å²) in [4.78, 5) is 13.0. The van der Waals surface area contributed by atoms with Crippen LogP contribution >= 0.6 is 0 Å². The molecule has 1 aliphatic rings. The Morgan fingerprint density at radius 2 is 0.968 bits per heavy atom. The summed E-state index contributed by atoms with van der Waals surface area (Å²) in [6.45, 7) is 3.78. The molecule has 9 nitrogen and oxygen atoms in total. The molecule has 9 heteroatoms. The molecule has 0 aromatic heterocycles. The fraction of sp³-hybridized carbons (Fsp3) is 0.907. The van der Waals surface area contributed by atoms with Gasteiger partial charge >= 0.3 is 0 Å². The van der Waals surface area contributed by atoms with E-state index in [1.54, 1.807) is 0 Å². The first-order chi connectivity index (χ1) is 30.8. The van der Waals surface area contributed by atoms with Gasteiger partial charge in [-0.2, -0.15) is 0 Å². The van der Waals surface area contributed by atoms with Gasteiger partial charge < -0.3 is 40.3 Å². The Balaban J connectivity index is 2.18. The topological polar surface area (TPSA) is 149 Å². The minimum atomic E-state index is -1.55. The third-order valence-corrected chi connectivity index (χ3v) is 13.0. The number of hydrogen-bond donors (Lipinski definition) is 6. The number of rotatable bonds is 46. The highest BCUT2D eigenvalue weighted by Gasteiger charge is 2.44.